The van der Waals surface area contributed by atoms with Crippen molar-refractivity contribution in [3.63, 3.8) is 0 Å². The summed E-state index contributed by atoms with van der Waals surface area (Å²) in [6.07, 6.45) is 53.9. The second-order valence-corrected chi connectivity index (χ2v) is 11.9. The summed E-state index contributed by atoms with van der Waals surface area (Å²) in [6, 6.07) is 0. The number of hydrogen-bond donors (Lipinski definition) is 0. The van der Waals surface area contributed by atoms with Crippen LogP contribution in [0, 0.1) is 0 Å². The molecule has 0 spiro atoms. The maximum atomic E-state index is 2.45. The SMILES string of the molecule is CCCCCCCCC=CCCCCCCCCCCCCCCCCC=CCCCCCCCCC. The van der Waals surface area contributed by atoms with Crippen LogP contribution < -0.4 is 0 Å². The molecule has 0 aromatic heterocycles. The topological polar surface area (TPSA) is 0 Å². The summed E-state index contributed by atoms with van der Waals surface area (Å²) in [7, 11) is 0. The molecule has 0 fully saturated rings. The van der Waals surface area contributed by atoms with Gasteiger partial charge in [-0.1, -0.05) is 186 Å². The van der Waals surface area contributed by atoms with Crippen LogP contribution in [0.15, 0.2) is 24.3 Å². The third-order valence-corrected chi connectivity index (χ3v) is 8.02. The second kappa shape index (κ2) is 35.5. The van der Waals surface area contributed by atoms with Gasteiger partial charge in [-0.15, -0.1) is 0 Å². The monoisotopic (exact) mass is 517 g/mol. The van der Waals surface area contributed by atoms with E-state index in [4.69, 9.17) is 0 Å². The van der Waals surface area contributed by atoms with E-state index in [1.165, 1.54) is 199 Å². The van der Waals surface area contributed by atoms with E-state index >= 15 is 0 Å². The van der Waals surface area contributed by atoms with Crippen LogP contribution in [0.1, 0.15) is 213 Å². The molecule has 220 valence electrons. The van der Waals surface area contributed by atoms with E-state index in [1.807, 2.05) is 0 Å². The Bertz CT molecular complexity index is 431. The zero-order valence-electron chi connectivity index (χ0n) is 26.2. The lowest BCUT2D eigenvalue weighted by molar-refractivity contribution is 0.534. The van der Waals surface area contributed by atoms with Crippen LogP contribution in [0.4, 0.5) is 0 Å². The van der Waals surface area contributed by atoms with Crippen LogP contribution in [0.5, 0.6) is 0 Å². The molecular weight excluding hydrogens is 444 g/mol. The van der Waals surface area contributed by atoms with Gasteiger partial charge in [0.2, 0.25) is 0 Å². The quantitative estimate of drug-likeness (QED) is 0.0616. The summed E-state index contributed by atoms with van der Waals surface area (Å²) in [6.45, 7) is 4.59. The molecule has 0 nitrogen and oxygen atoms in total. The average Bonchev–Trinajstić information content (AvgIpc) is 2.91. The summed E-state index contributed by atoms with van der Waals surface area (Å²) < 4.78 is 0. The Kier molecular flexibility index (Phi) is 35.0. The van der Waals surface area contributed by atoms with Crippen molar-refractivity contribution in [2.45, 2.75) is 213 Å². The number of hydrogen-bond acceptors (Lipinski definition) is 0. The highest BCUT2D eigenvalue weighted by Crippen LogP contribution is 2.15. The normalized spacial score (nSPS) is 11.9. The molecule has 0 rings (SSSR count). The van der Waals surface area contributed by atoms with Gasteiger partial charge in [-0.3, -0.25) is 0 Å². The molecule has 0 heteroatoms. The highest BCUT2D eigenvalue weighted by atomic mass is 14.0. The Morgan fingerprint density at radius 1 is 0.216 bits per heavy atom. The van der Waals surface area contributed by atoms with E-state index in [2.05, 4.69) is 38.2 Å². The molecule has 0 unspecified atom stereocenters. The molecule has 0 N–H and O–H groups in total. The Labute approximate surface area is 236 Å². The van der Waals surface area contributed by atoms with Gasteiger partial charge in [0.15, 0.2) is 0 Å². The third-order valence-electron chi connectivity index (χ3n) is 8.02. The van der Waals surface area contributed by atoms with E-state index in [1.54, 1.807) is 0 Å². The van der Waals surface area contributed by atoms with Crippen molar-refractivity contribution in [3.8, 4) is 0 Å². The highest BCUT2D eigenvalue weighted by Gasteiger charge is 1.95. The lowest BCUT2D eigenvalue weighted by Gasteiger charge is -2.03. The zero-order valence-corrected chi connectivity index (χ0v) is 26.2. The summed E-state index contributed by atoms with van der Waals surface area (Å²) in [5, 5.41) is 0. The first kappa shape index (κ1) is 36.5. The predicted octanol–water partition coefficient (Wildman–Crippen LogP) is 14.2. The second-order valence-electron chi connectivity index (χ2n) is 11.9. The third kappa shape index (κ3) is 35.5. The van der Waals surface area contributed by atoms with Gasteiger partial charge >= 0.3 is 0 Å². The van der Waals surface area contributed by atoms with E-state index < -0.39 is 0 Å². The molecule has 0 atom stereocenters. The van der Waals surface area contributed by atoms with Crippen molar-refractivity contribution in [2.24, 2.45) is 0 Å². The fraction of sp³-hybridized carbons (Fsp3) is 0.892. The van der Waals surface area contributed by atoms with Gasteiger partial charge in [0.05, 0.1) is 0 Å². The molecule has 0 aliphatic heterocycles. The van der Waals surface area contributed by atoms with Gasteiger partial charge in [0.1, 0.15) is 0 Å². The molecule has 0 saturated carbocycles. The van der Waals surface area contributed by atoms with E-state index in [0.29, 0.717) is 0 Å². The molecule has 0 aliphatic carbocycles. The zero-order chi connectivity index (χ0) is 26.7. The summed E-state index contributed by atoms with van der Waals surface area (Å²) >= 11 is 0. The van der Waals surface area contributed by atoms with Gasteiger partial charge < -0.3 is 0 Å². The van der Waals surface area contributed by atoms with Crippen LogP contribution >= 0.6 is 0 Å². The van der Waals surface area contributed by atoms with Gasteiger partial charge in [-0.05, 0) is 51.4 Å². The molecule has 0 aromatic rings. The fourth-order valence-corrected chi connectivity index (χ4v) is 5.38. The fourth-order valence-electron chi connectivity index (χ4n) is 5.38. The van der Waals surface area contributed by atoms with E-state index in [-0.39, 0.29) is 0 Å². The van der Waals surface area contributed by atoms with Gasteiger partial charge in [-0.2, -0.15) is 0 Å². The van der Waals surface area contributed by atoms with Crippen molar-refractivity contribution < 1.29 is 0 Å². The molecule has 0 aromatic carbocycles. The minimum atomic E-state index is 1.31. The van der Waals surface area contributed by atoms with Gasteiger partial charge in [-0.25, -0.2) is 0 Å². The first-order valence-electron chi connectivity index (χ1n) is 17.7. The summed E-state index contributed by atoms with van der Waals surface area (Å²) in [5.74, 6) is 0. The first-order valence-corrected chi connectivity index (χ1v) is 17.7. The van der Waals surface area contributed by atoms with Crippen molar-refractivity contribution >= 4 is 0 Å². The molecule has 0 aliphatic rings. The number of unbranched alkanes of at least 4 members (excludes halogenated alkanes) is 28. The van der Waals surface area contributed by atoms with Gasteiger partial charge in [0.25, 0.3) is 0 Å². The Hall–Kier alpha value is -0.520. The molecule has 0 radical (unpaired) electrons. The van der Waals surface area contributed by atoms with Crippen molar-refractivity contribution in [3.05, 3.63) is 24.3 Å². The van der Waals surface area contributed by atoms with Crippen molar-refractivity contribution in [1.82, 2.24) is 0 Å². The summed E-state index contributed by atoms with van der Waals surface area (Å²) in [4.78, 5) is 0. The first-order chi connectivity index (χ1) is 18.4. The molecule has 0 heterocycles. The van der Waals surface area contributed by atoms with Crippen molar-refractivity contribution in [1.29, 1.82) is 0 Å². The molecular formula is C37H72. The number of allylic oxidation sites excluding steroid dienone is 4. The minimum Gasteiger partial charge on any atom is -0.0885 e. The Morgan fingerprint density at radius 3 is 0.568 bits per heavy atom. The smallest absolute Gasteiger partial charge is 0.0351 e. The van der Waals surface area contributed by atoms with Crippen molar-refractivity contribution in [2.75, 3.05) is 0 Å². The lowest BCUT2D eigenvalue weighted by Crippen LogP contribution is -1.83. The molecule has 0 saturated heterocycles. The lowest BCUT2D eigenvalue weighted by atomic mass is 10.0. The van der Waals surface area contributed by atoms with Crippen LogP contribution in [-0.4, -0.2) is 0 Å². The average molecular weight is 517 g/mol. The Balaban J connectivity index is 3.10. The van der Waals surface area contributed by atoms with Crippen LogP contribution in [-0.2, 0) is 0 Å². The molecule has 37 heavy (non-hydrogen) atoms. The van der Waals surface area contributed by atoms with Crippen LogP contribution in [0.3, 0.4) is 0 Å². The molecule has 0 amide bonds. The van der Waals surface area contributed by atoms with E-state index in [9.17, 15) is 0 Å². The molecule has 0 bridgehead atoms. The predicted molar refractivity (Wildman–Crippen MR) is 173 cm³/mol. The summed E-state index contributed by atoms with van der Waals surface area (Å²) in [5.41, 5.74) is 0. The minimum absolute atomic E-state index is 1.31. The maximum Gasteiger partial charge on any atom is -0.0351 e. The van der Waals surface area contributed by atoms with E-state index in [0.717, 1.165) is 0 Å². The maximum absolute atomic E-state index is 2.45. The van der Waals surface area contributed by atoms with Crippen LogP contribution in [0.25, 0.3) is 0 Å². The Morgan fingerprint density at radius 2 is 0.378 bits per heavy atom. The van der Waals surface area contributed by atoms with Crippen LogP contribution in [0.2, 0.25) is 0 Å². The number of rotatable bonds is 32. The largest absolute Gasteiger partial charge is 0.0885 e. The standard InChI is InChI=1S/C37H72/c1-3-5-7-9-11-13-15-17-19-21-23-25-27-29-31-33-35-37-36-34-32-30-28-26-24-22-20-18-16-14-12-10-8-6-4-2/h17,19-20,22H,3-16,18,21,23-37H2,1-2H3. The van der Waals surface area contributed by atoms with Gasteiger partial charge in [0, 0.05) is 0 Å². The highest BCUT2D eigenvalue weighted by molar-refractivity contribution is 4.82.